The van der Waals surface area contributed by atoms with Gasteiger partial charge in [0.1, 0.15) is 13.2 Å². The Morgan fingerprint density at radius 3 is 2.61 bits per heavy atom. The summed E-state index contributed by atoms with van der Waals surface area (Å²) in [5.74, 6) is 0.550. The van der Waals surface area contributed by atoms with Crippen LogP contribution in [0.15, 0.2) is 76.4 Å². The van der Waals surface area contributed by atoms with Crippen molar-refractivity contribution in [1.29, 1.82) is 0 Å². The quantitative estimate of drug-likeness (QED) is 0.419. The van der Waals surface area contributed by atoms with Gasteiger partial charge < -0.3 is 14.2 Å². The maximum atomic E-state index is 13.3. The summed E-state index contributed by atoms with van der Waals surface area (Å²) in [6, 6.07) is 17.6. The van der Waals surface area contributed by atoms with Crippen LogP contribution in [0.4, 0.5) is 0 Å². The summed E-state index contributed by atoms with van der Waals surface area (Å²) in [5.41, 5.74) is 0.696. The first-order valence-electron chi connectivity index (χ1n) is 10.3. The molecule has 0 radical (unpaired) electrons. The number of ether oxygens (including phenoxy) is 3. The van der Waals surface area contributed by atoms with Crippen LogP contribution in [0.5, 0.6) is 11.5 Å². The van der Waals surface area contributed by atoms with Gasteiger partial charge in [-0.2, -0.15) is 0 Å². The summed E-state index contributed by atoms with van der Waals surface area (Å²) in [6.07, 6.45) is 1.47. The molecule has 2 aromatic heterocycles. The predicted molar refractivity (Wildman–Crippen MR) is 118 cm³/mol. The molecule has 0 bridgehead atoms. The standard InChI is InChI=1S/C24H19N3O6/c28-21(31-14-16-5-2-1-3-6-16)13-26-18-7-4-10-25-22(18)23(29)27(24(26)30)12-17-8-9-19-20(11-17)33-15-32-19/h1-11H,12-15H2. The first-order valence-corrected chi connectivity index (χ1v) is 10.3. The van der Waals surface area contributed by atoms with Crippen LogP contribution in [0.25, 0.3) is 11.0 Å². The number of rotatable bonds is 6. The maximum absolute atomic E-state index is 13.3. The van der Waals surface area contributed by atoms with E-state index in [9.17, 15) is 14.4 Å². The Kier molecular flexibility index (Phi) is 5.35. The molecule has 0 saturated carbocycles. The Hall–Kier alpha value is -4.40. The van der Waals surface area contributed by atoms with E-state index in [2.05, 4.69) is 4.98 Å². The number of esters is 1. The van der Waals surface area contributed by atoms with Crippen molar-refractivity contribution in [2.75, 3.05) is 6.79 Å². The van der Waals surface area contributed by atoms with E-state index in [0.717, 1.165) is 10.1 Å². The van der Waals surface area contributed by atoms with E-state index in [1.165, 1.54) is 10.8 Å². The van der Waals surface area contributed by atoms with Crippen molar-refractivity contribution in [3.8, 4) is 11.5 Å². The number of carbonyl (C=O) groups excluding carboxylic acids is 1. The third-order valence-electron chi connectivity index (χ3n) is 5.29. The Bertz CT molecular complexity index is 1460. The Balaban J connectivity index is 1.48. The summed E-state index contributed by atoms with van der Waals surface area (Å²) in [6.45, 7) is -0.160. The van der Waals surface area contributed by atoms with Gasteiger partial charge in [-0.05, 0) is 35.4 Å². The number of hydrogen-bond acceptors (Lipinski definition) is 7. The molecule has 3 heterocycles. The van der Waals surface area contributed by atoms with E-state index in [0.29, 0.717) is 17.1 Å². The summed E-state index contributed by atoms with van der Waals surface area (Å²) in [4.78, 5) is 43.0. The van der Waals surface area contributed by atoms with Gasteiger partial charge in [0.25, 0.3) is 5.56 Å². The third-order valence-corrected chi connectivity index (χ3v) is 5.29. The van der Waals surface area contributed by atoms with Gasteiger partial charge in [-0.25, -0.2) is 9.78 Å². The lowest BCUT2D eigenvalue weighted by molar-refractivity contribution is -0.145. The molecule has 1 aliphatic rings. The van der Waals surface area contributed by atoms with Crippen LogP contribution >= 0.6 is 0 Å². The second kappa shape index (κ2) is 8.62. The van der Waals surface area contributed by atoms with Gasteiger partial charge >= 0.3 is 11.7 Å². The molecule has 0 spiro atoms. The molecule has 0 amide bonds. The SMILES string of the molecule is O=C(Cn1c(=O)n(Cc2ccc3c(c2)OCO3)c(=O)c2ncccc21)OCc1ccccc1. The fourth-order valence-electron chi connectivity index (χ4n) is 3.67. The molecule has 0 saturated heterocycles. The average molecular weight is 445 g/mol. The molecular formula is C24H19N3O6. The average Bonchev–Trinajstić information content (AvgIpc) is 3.32. The highest BCUT2D eigenvalue weighted by Crippen LogP contribution is 2.32. The van der Waals surface area contributed by atoms with Crippen LogP contribution in [0, 0.1) is 0 Å². The van der Waals surface area contributed by atoms with Crippen molar-refractivity contribution in [3.05, 3.63) is 98.8 Å². The largest absolute Gasteiger partial charge is 0.459 e. The monoisotopic (exact) mass is 445 g/mol. The molecule has 2 aromatic carbocycles. The fraction of sp³-hybridized carbons (Fsp3) is 0.167. The molecule has 166 valence electrons. The molecule has 9 nitrogen and oxygen atoms in total. The molecule has 0 aliphatic carbocycles. The highest BCUT2D eigenvalue weighted by Gasteiger charge is 2.19. The zero-order chi connectivity index (χ0) is 22.8. The zero-order valence-corrected chi connectivity index (χ0v) is 17.5. The van der Waals surface area contributed by atoms with Crippen LogP contribution in [0.3, 0.4) is 0 Å². The smallest absolute Gasteiger partial charge is 0.332 e. The van der Waals surface area contributed by atoms with E-state index in [4.69, 9.17) is 14.2 Å². The van der Waals surface area contributed by atoms with Crippen molar-refractivity contribution in [1.82, 2.24) is 14.1 Å². The predicted octanol–water partition coefficient (Wildman–Crippen LogP) is 2.08. The fourth-order valence-corrected chi connectivity index (χ4v) is 3.67. The van der Waals surface area contributed by atoms with E-state index in [-0.39, 0.29) is 37.5 Å². The number of carbonyl (C=O) groups is 1. The minimum atomic E-state index is -0.630. The van der Waals surface area contributed by atoms with Crippen LogP contribution in [-0.4, -0.2) is 26.9 Å². The van der Waals surface area contributed by atoms with Crippen molar-refractivity contribution < 1.29 is 19.0 Å². The van der Waals surface area contributed by atoms with Crippen LogP contribution < -0.4 is 20.7 Å². The highest BCUT2D eigenvalue weighted by molar-refractivity contribution is 5.76. The third kappa shape index (κ3) is 4.08. The molecule has 0 atom stereocenters. The Morgan fingerprint density at radius 1 is 0.939 bits per heavy atom. The second-order valence-corrected chi connectivity index (χ2v) is 7.47. The topological polar surface area (TPSA) is 102 Å². The van der Waals surface area contributed by atoms with Crippen LogP contribution in [0.1, 0.15) is 11.1 Å². The van der Waals surface area contributed by atoms with Gasteiger partial charge in [0.15, 0.2) is 17.0 Å². The Labute approximate surface area is 187 Å². The van der Waals surface area contributed by atoms with E-state index in [1.54, 1.807) is 30.3 Å². The minimum Gasteiger partial charge on any atom is -0.459 e. The zero-order valence-electron chi connectivity index (χ0n) is 17.5. The molecule has 0 fully saturated rings. The number of hydrogen-bond donors (Lipinski definition) is 0. The van der Waals surface area contributed by atoms with Gasteiger partial charge in [-0.3, -0.25) is 18.7 Å². The van der Waals surface area contributed by atoms with E-state index < -0.39 is 17.2 Å². The highest BCUT2D eigenvalue weighted by atomic mass is 16.7. The van der Waals surface area contributed by atoms with Crippen molar-refractivity contribution in [2.45, 2.75) is 19.7 Å². The molecule has 9 heteroatoms. The molecular weight excluding hydrogens is 426 g/mol. The van der Waals surface area contributed by atoms with E-state index in [1.807, 2.05) is 30.3 Å². The number of pyridine rings is 1. The number of fused-ring (bicyclic) bond motifs is 2. The van der Waals surface area contributed by atoms with Crippen molar-refractivity contribution in [2.24, 2.45) is 0 Å². The lowest BCUT2D eigenvalue weighted by Crippen LogP contribution is -2.41. The Morgan fingerprint density at radius 2 is 1.76 bits per heavy atom. The van der Waals surface area contributed by atoms with Crippen LogP contribution in [0.2, 0.25) is 0 Å². The molecule has 5 rings (SSSR count). The molecule has 4 aromatic rings. The second-order valence-electron chi connectivity index (χ2n) is 7.47. The van der Waals surface area contributed by atoms with Crippen molar-refractivity contribution in [3.63, 3.8) is 0 Å². The van der Waals surface area contributed by atoms with Gasteiger partial charge in [-0.15, -0.1) is 0 Å². The van der Waals surface area contributed by atoms with Gasteiger partial charge in [0, 0.05) is 6.20 Å². The molecule has 0 unspecified atom stereocenters. The van der Waals surface area contributed by atoms with Gasteiger partial charge in [0.2, 0.25) is 6.79 Å². The first kappa shape index (κ1) is 20.5. The van der Waals surface area contributed by atoms with Gasteiger partial charge in [-0.1, -0.05) is 36.4 Å². The normalized spacial score (nSPS) is 12.1. The number of benzene rings is 2. The lowest BCUT2D eigenvalue weighted by atomic mass is 10.2. The number of nitrogens with zero attached hydrogens (tertiary/aromatic N) is 3. The first-order chi connectivity index (χ1) is 16.1. The molecule has 0 N–H and O–H groups in total. The lowest BCUT2D eigenvalue weighted by Gasteiger charge is -2.13. The van der Waals surface area contributed by atoms with E-state index >= 15 is 0 Å². The molecule has 33 heavy (non-hydrogen) atoms. The van der Waals surface area contributed by atoms with Crippen molar-refractivity contribution >= 4 is 17.0 Å². The van der Waals surface area contributed by atoms with Gasteiger partial charge in [0.05, 0.1) is 12.1 Å². The maximum Gasteiger partial charge on any atom is 0.332 e. The summed E-state index contributed by atoms with van der Waals surface area (Å²) < 4.78 is 18.3. The number of aromatic nitrogens is 3. The minimum absolute atomic E-state index is 0.0140. The summed E-state index contributed by atoms with van der Waals surface area (Å²) >= 11 is 0. The van der Waals surface area contributed by atoms with Crippen LogP contribution in [-0.2, 0) is 29.2 Å². The summed E-state index contributed by atoms with van der Waals surface area (Å²) in [5, 5.41) is 0. The molecule has 1 aliphatic heterocycles. The summed E-state index contributed by atoms with van der Waals surface area (Å²) in [7, 11) is 0.